The molecule has 0 spiro atoms. The van der Waals surface area contributed by atoms with E-state index in [0.717, 1.165) is 48.6 Å². The van der Waals surface area contributed by atoms with E-state index in [1.165, 1.54) is 0 Å². The number of rotatable bonds is 5. The van der Waals surface area contributed by atoms with Gasteiger partial charge in [-0.05, 0) is 72.3 Å². The molecule has 34 heavy (non-hydrogen) atoms. The first-order valence-electron chi connectivity index (χ1n) is 12.1. The molecule has 1 unspecified atom stereocenters. The lowest BCUT2D eigenvalue weighted by atomic mass is 9.88. The first-order valence-corrected chi connectivity index (χ1v) is 12.9. The molecule has 1 heterocycles. The summed E-state index contributed by atoms with van der Waals surface area (Å²) in [6, 6.07) is 14.8. The molecular weight excluding hydrogens is 494 g/mol. The SMILES string of the molecule is Cc1ccccc1C(=O)N[C@@H]1CCCC[C@H]1NC(=O)C1CCCN(C(=O)c2ccccc2Br)C1. The van der Waals surface area contributed by atoms with E-state index in [0.29, 0.717) is 24.2 Å². The second kappa shape index (κ2) is 11.2. The lowest BCUT2D eigenvalue weighted by Crippen LogP contribution is -2.55. The minimum Gasteiger partial charge on any atom is -0.351 e. The number of hydrogen-bond donors (Lipinski definition) is 2. The van der Waals surface area contributed by atoms with E-state index in [4.69, 9.17) is 0 Å². The van der Waals surface area contributed by atoms with E-state index in [1.807, 2.05) is 49.4 Å². The molecule has 2 N–H and O–H groups in total. The number of nitrogens with one attached hydrogen (secondary N) is 2. The number of nitrogens with zero attached hydrogens (tertiary/aromatic N) is 1. The summed E-state index contributed by atoms with van der Waals surface area (Å²) in [5, 5.41) is 6.39. The lowest BCUT2D eigenvalue weighted by molar-refractivity contribution is -0.127. The lowest BCUT2D eigenvalue weighted by Gasteiger charge is -2.36. The molecule has 7 heteroatoms. The Morgan fingerprint density at radius 3 is 2.21 bits per heavy atom. The molecule has 1 aliphatic carbocycles. The van der Waals surface area contributed by atoms with Crippen molar-refractivity contribution in [1.82, 2.24) is 15.5 Å². The van der Waals surface area contributed by atoms with Crippen molar-refractivity contribution >= 4 is 33.7 Å². The topological polar surface area (TPSA) is 78.5 Å². The maximum Gasteiger partial charge on any atom is 0.255 e. The van der Waals surface area contributed by atoms with Gasteiger partial charge in [0.2, 0.25) is 5.91 Å². The van der Waals surface area contributed by atoms with Gasteiger partial charge in [0.05, 0.1) is 11.5 Å². The maximum absolute atomic E-state index is 13.2. The molecule has 1 aliphatic heterocycles. The van der Waals surface area contributed by atoms with Crippen molar-refractivity contribution in [2.75, 3.05) is 13.1 Å². The van der Waals surface area contributed by atoms with Gasteiger partial charge in [-0.1, -0.05) is 43.2 Å². The van der Waals surface area contributed by atoms with Gasteiger partial charge in [0.25, 0.3) is 11.8 Å². The third-order valence-corrected chi connectivity index (χ3v) is 7.67. The number of halogens is 1. The highest BCUT2D eigenvalue weighted by Crippen LogP contribution is 2.24. The second-order valence-corrected chi connectivity index (χ2v) is 10.2. The van der Waals surface area contributed by atoms with Crippen molar-refractivity contribution in [3.8, 4) is 0 Å². The third-order valence-electron chi connectivity index (χ3n) is 6.98. The van der Waals surface area contributed by atoms with Crippen LogP contribution in [0, 0.1) is 12.8 Å². The monoisotopic (exact) mass is 525 g/mol. The minimum absolute atomic E-state index is 0.0216. The third kappa shape index (κ3) is 5.69. The molecule has 0 bridgehead atoms. The second-order valence-electron chi connectivity index (χ2n) is 9.36. The standard InChI is InChI=1S/C27H32BrN3O3/c1-18-9-2-3-11-20(18)26(33)30-24-15-7-6-14-23(24)29-25(32)19-10-8-16-31(17-19)27(34)21-12-4-5-13-22(21)28/h2-5,9,11-13,19,23-24H,6-8,10,14-17H2,1H3,(H,29,32)(H,30,33)/t19?,23-,24-/m1/s1. The zero-order valence-electron chi connectivity index (χ0n) is 19.6. The number of piperidine rings is 1. The molecule has 1 saturated heterocycles. The van der Waals surface area contributed by atoms with Gasteiger partial charge in [-0.25, -0.2) is 0 Å². The molecule has 1 saturated carbocycles. The van der Waals surface area contributed by atoms with Gasteiger partial charge < -0.3 is 15.5 Å². The average Bonchev–Trinajstić information content (AvgIpc) is 2.85. The summed E-state index contributed by atoms with van der Waals surface area (Å²) in [5.74, 6) is -0.403. The highest BCUT2D eigenvalue weighted by atomic mass is 79.9. The number of hydrogen-bond acceptors (Lipinski definition) is 3. The fraction of sp³-hybridized carbons (Fsp3) is 0.444. The predicted octanol–water partition coefficient (Wildman–Crippen LogP) is 4.47. The Bertz CT molecular complexity index is 1060. The Hall–Kier alpha value is -2.67. The van der Waals surface area contributed by atoms with Crippen LogP contribution in [0.2, 0.25) is 0 Å². The molecule has 4 rings (SSSR count). The summed E-state index contributed by atoms with van der Waals surface area (Å²) in [6.07, 6.45) is 5.31. The first-order chi connectivity index (χ1) is 16.4. The van der Waals surface area contributed by atoms with Gasteiger partial charge >= 0.3 is 0 Å². The van der Waals surface area contributed by atoms with Gasteiger partial charge in [-0.2, -0.15) is 0 Å². The molecule has 2 aromatic carbocycles. The largest absolute Gasteiger partial charge is 0.351 e. The van der Waals surface area contributed by atoms with Crippen LogP contribution < -0.4 is 10.6 Å². The van der Waals surface area contributed by atoms with E-state index in [9.17, 15) is 14.4 Å². The van der Waals surface area contributed by atoms with Crippen LogP contribution in [0.4, 0.5) is 0 Å². The number of likely N-dealkylation sites (tertiary alicyclic amines) is 1. The molecule has 2 fully saturated rings. The normalized spacial score (nSPS) is 22.6. The minimum atomic E-state index is -0.241. The van der Waals surface area contributed by atoms with Crippen molar-refractivity contribution in [3.05, 3.63) is 69.7 Å². The Morgan fingerprint density at radius 1 is 0.853 bits per heavy atom. The number of benzene rings is 2. The fourth-order valence-corrected chi connectivity index (χ4v) is 5.49. The highest BCUT2D eigenvalue weighted by molar-refractivity contribution is 9.10. The van der Waals surface area contributed by atoms with Crippen LogP contribution in [0.3, 0.4) is 0 Å². The summed E-state index contributed by atoms with van der Waals surface area (Å²) >= 11 is 3.46. The molecule has 180 valence electrons. The molecule has 3 amide bonds. The molecule has 0 aromatic heterocycles. The van der Waals surface area contributed by atoms with Gasteiger partial charge in [-0.15, -0.1) is 0 Å². The van der Waals surface area contributed by atoms with Gasteiger partial charge in [-0.3, -0.25) is 14.4 Å². The quantitative estimate of drug-likeness (QED) is 0.604. The van der Waals surface area contributed by atoms with Crippen LogP contribution in [-0.2, 0) is 4.79 Å². The summed E-state index contributed by atoms with van der Waals surface area (Å²) in [5.41, 5.74) is 2.23. The summed E-state index contributed by atoms with van der Waals surface area (Å²) in [6.45, 7) is 3.00. The van der Waals surface area contributed by atoms with Crippen LogP contribution >= 0.6 is 15.9 Å². The molecule has 6 nitrogen and oxygen atoms in total. The number of carbonyl (C=O) groups is 3. The van der Waals surface area contributed by atoms with Crippen molar-refractivity contribution in [1.29, 1.82) is 0 Å². The molecule has 3 atom stereocenters. The van der Waals surface area contributed by atoms with Crippen molar-refractivity contribution in [2.24, 2.45) is 5.92 Å². The summed E-state index contributed by atoms with van der Waals surface area (Å²) < 4.78 is 0.765. The van der Waals surface area contributed by atoms with Crippen molar-refractivity contribution < 1.29 is 14.4 Å². The smallest absolute Gasteiger partial charge is 0.255 e. The van der Waals surface area contributed by atoms with Crippen LogP contribution in [0.15, 0.2) is 53.0 Å². The number of aryl methyl sites for hydroxylation is 1. The van der Waals surface area contributed by atoms with Crippen molar-refractivity contribution in [2.45, 2.75) is 57.5 Å². The summed E-state index contributed by atoms with van der Waals surface area (Å²) in [4.78, 5) is 40.9. The number of carbonyl (C=O) groups excluding carboxylic acids is 3. The first kappa shape index (κ1) is 24.5. The fourth-order valence-electron chi connectivity index (χ4n) is 5.03. The van der Waals surface area contributed by atoms with E-state index in [1.54, 1.807) is 11.0 Å². The highest BCUT2D eigenvalue weighted by Gasteiger charge is 2.33. The van der Waals surface area contributed by atoms with Gasteiger partial charge in [0.1, 0.15) is 0 Å². The molecule has 2 aliphatic rings. The molecule has 0 radical (unpaired) electrons. The Labute approximate surface area is 209 Å². The van der Waals surface area contributed by atoms with Crippen LogP contribution in [0.5, 0.6) is 0 Å². The average molecular weight is 526 g/mol. The van der Waals surface area contributed by atoms with E-state index in [-0.39, 0.29) is 35.7 Å². The van der Waals surface area contributed by atoms with Crippen LogP contribution in [0.1, 0.15) is 64.8 Å². The van der Waals surface area contributed by atoms with Gasteiger partial charge in [0, 0.05) is 35.2 Å². The zero-order valence-corrected chi connectivity index (χ0v) is 21.1. The number of amides is 3. The van der Waals surface area contributed by atoms with E-state index < -0.39 is 0 Å². The van der Waals surface area contributed by atoms with Gasteiger partial charge in [0.15, 0.2) is 0 Å². The zero-order chi connectivity index (χ0) is 24.1. The maximum atomic E-state index is 13.2. The Kier molecular flexibility index (Phi) is 8.03. The molecule has 2 aromatic rings. The molecular formula is C27H32BrN3O3. The van der Waals surface area contributed by atoms with E-state index >= 15 is 0 Å². The van der Waals surface area contributed by atoms with E-state index in [2.05, 4.69) is 26.6 Å². The Balaban J connectivity index is 1.38. The van der Waals surface area contributed by atoms with Crippen LogP contribution in [-0.4, -0.2) is 47.8 Å². The predicted molar refractivity (Wildman–Crippen MR) is 136 cm³/mol. The Morgan fingerprint density at radius 2 is 1.50 bits per heavy atom. The van der Waals surface area contributed by atoms with Crippen LogP contribution in [0.25, 0.3) is 0 Å². The summed E-state index contributed by atoms with van der Waals surface area (Å²) in [7, 11) is 0. The van der Waals surface area contributed by atoms with Crippen molar-refractivity contribution in [3.63, 3.8) is 0 Å².